The van der Waals surface area contributed by atoms with Gasteiger partial charge in [-0.25, -0.2) is 9.97 Å². The van der Waals surface area contributed by atoms with Crippen LogP contribution in [0, 0.1) is 13.8 Å². The zero-order valence-electron chi connectivity index (χ0n) is 16.4. The fourth-order valence-electron chi connectivity index (χ4n) is 3.94. The van der Waals surface area contributed by atoms with Crippen LogP contribution in [0.4, 0.5) is 5.82 Å². The van der Waals surface area contributed by atoms with Crippen LogP contribution in [0.2, 0.25) is 0 Å². The van der Waals surface area contributed by atoms with Crippen LogP contribution in [-0.4, -0.2) is 29.7 Å². The van der Waals surface area contributed by atoms with Crippen LogP contribution in [0.5, 0.6) is 5.75 Å². The second-order valence-corrected chi connectivity index (χ2v) is 8.37. The average Bonchev–Trinajstić information content (AvgIpc) is 2.84. The quantitative estimate of drug-likeness (QED) is 0.576. The summed E-state index contributed by atoms with van der Waals surface area (Å²) in [6.07, 6.45) is 5.12. The first-order chi connectivity index (χ1) is 13.2. The summed E-state index contributed by atoms with van der Waals surface area (Å²) in [5.41, 5.74) is 2.49. The van der Waals surface area contributed by atoms with Crippen LogP contribution in [0.3, 0.4) is 0 Å². The maximum atomic E-state index is 5.61. The van der Waals surface area contributed by atoms with Gasteiger partial charge in [-0.3, -0.25) is 0 Å². The summed E-state index contributed by atoms with van der Waals surface area (Å²) < 4.78 is 5.61. The molecule has 0 N–H and O–H groups in total. The molecule has 0 spiro atoms. The number of aryl methyl sites for hydroxylation is 2. The second-order valence-electron chi connectivity index (χ2n) is 7.17. The van der Waals surface area contributed by atoms with Crippen LogP contribution in [-0.2, 0) is 0 Å². The smallest absolute Gasteiger partial charge is 0.141 e. The summed E-state index contributed by atoms with van der Waals surface area (Å²) in [7, 11) is 0. The fraction of sp³-hybridized carbons (Fsp3) is 0.455. The van der Waals surface area contributed by atoms with Gasteiger partial charge in [0.2, 0.25) is 0 Å². The lowest BCUT2D eigenvalue weighted by Gasteiger charge is -2.23. The predicted octanol–water partition coefficient (Wildman–Crippen LogP) is 5.75. The Bertz CT molecular complexity index is 925. The highest BCUT2D eigenvalue weighted by Gasteiger charge is 2.22. The highest BCUT2D eigenvalue weighted by Crippen LogP contribution is 2.42. The van der Waals surface area contributed by atoms with Crippen molar-refractivity contribution in [3.63, 3.8) is 0 Å². The number of ether oxygens (including phenoxy) is 1. The first-order valence-corrected chi connectivity index (χ1v) is 10.7. The van der Waals surface area contributed by atoms with E-state index in [0.717, 1.165) is 35.3 Å². The molecule has 0 bridgehead atoms. The van der Waals surface area contributed by atoms with Crippen molar-refractivity contribution in [3.8, 4) is 16.9 Å². The number of anilines is 1. The van der Waals surface area contributed by atoms with Gasteiger partial charge in [0.15, 0.2) is 0 Å². The highest BCUT2D eigenvalue weighted by atomic mass is 32.1. The molecule has 1 aromatic carbocycles. The Balaban J connectivity index is 1.86. The summed E-state index contributed by atoms with van der Waals surface area (Å²) in [6, 6.07) is 8.43. The molecule has 3 aromatic rings. The van der Waals surface area contributed by atoms with E-state index in [0.29, 0.717) is 6.61 Å². The maximum absolute atomic E-state index is 5.61. The minimum Gasteiger partial charge on any atom is -0.494 e. The number of rotatable bonds is 4. The second kappa shape index (κ2) is 7.85. The lowest BCUT2D eigenvalue weighted by molar-refractivity contribution is 0.340. The van der Waals surface area contributed by atoms with Gasteiger partial charge in [0.1, 0.15) is 22.2 Å². The van der Waals surface area contributed by atoms with E-state index >= 15 is 0 Å². The highest BCUT2D eigenvalue weighted by molar-refractivity contribution is 7.19. The zero-order valence-corrected chi connectivity index (χ0v) is 17.2. The van der Waals surface area contributed by atoms with Crippen molar-refractivity contribution in [2.75, 3.05) is 24.6 Å². The minimum absolute atomic E-state index is 0.686. The molecule has 1 aliphatic rings. The topological polar surface area (TPSA) is 38.3 Å². The van der Waals surface area contributed by atoms with E-state index in [1.165, 1.54) is 47.1 Å². The molecule has 0 amide bonds. The van der Waals surface area contributed by atoms with E-state index in [-0.39, 0.29) is 0 Å². The summed E-state index contributed by atoms with van der Waals surface area (Å²) in [5.74, 6) is 2.90. The van der Waals surface area contributed by atoms with Crippen molar-refractivity contribution in [1.29, 1.82) is 0 Å². The number of hydrogen-bond donors (Lipinski definition) is 0. The number of nitrogens with zero attached hydrogens (tertiary/aromatic N) is 3. The van der Waals surface area contributed by atoms with E-state index in [2.05, 4.69) is 36.1 Å². The summed E-state index contributed by atoms with van der Waals surface area (Å²) in [4.78, 5) is 14.6. The van der Waals surface area contributed by atoms with Crippen LogP contribution in [0.1, 0.15) is 43.3 Å². The Morgan fingerprint density at radius 3 is 2.37 bits per heavy atom. The third-order valence-electron chi connectivity index (χ3n) is 5.18. The number of benzene rings is 1. The van der Waals surface area contributed by atoms with Crippen molar-refractivity contribution in [2.24, 2.45) is 0 Å². The lowest BCUT2D eigenvalue weighted by Crippen LogP contribution is -2.25. The molecule has 1 saturated heterocycles. The molecule has 142 valence electrons. The fourth-order valence-corrected chi connectivity index (χ4v) is 5.03. The number of hydrogen-bond acceptors (Lipinski definition) is 5. The molecular formula is C22H27N3OS. The Morgan fingerprint density at radius 2 is 1.70 bits per heavy atom. The Labute approximate surface area is 165 Å². The SMILES string of the molecule is CCOc1ccc(-c2c(C)sc3nc(C)nc(N4CCCCCC4)c23)cc1. The summed E-state index contributed by atoms with van der Waals surface area (Å²) in [6.45, 7) is 9.07. The number of fused-ring (bicyclic) bond motifs is 1. The third kappa shape index (κ3) is 3.65. The van der Waals surface area contributed by atoms with Crippen molar-refractivity contribution in [2.45, 2.75) is 46.5 Å². The third-order valence-corrected chi connectivity index (χ3v) is 6.18. The molecule has 3 heterocycles. The Hall–Kier alpha value is -2.14. The van der Waals surface area contributed by atoms with E-state index in [9.17, 15) is 0 Å². The maximum Gasteiger partial charge on any atom is 0.141 e. The molecule has 0 radical (unpaired) electrons. The van der Waals surface area contributed by atoms with E-state index in [1.807, 2.05) is 13.8 Å². The van der Waals surface area contributed by atoms with Crippen molar-refractivity contribution < 1.29 is 4.74 Å². The van der Waals surface area contributed by atoms with Gasteiger partial charge in [-0.1, -0.05) is 25.0 Å². The minimum atomic E-state index is 0.686. The largest absolute Gasteiger partial charge is 0.494 e. The standard InChI is InChI=1S/C22H27N3OS/c1-4-26-18-11-9-17(10-12-18)19-15(2)27-22-20(19)21(23-16(3)24-22)25-13-7-5-6-8-14-25/h9-12H,4-8,13-14H2,1-3H3. The van der Waals surface area contributed by atoms with Crippen molar-refractivity contribution >= 4 is 27.4 Å². The molecule has 2 aromatic heterocycles. The molecule has 0 atom stereocenters. The van der Waals surface area contributed by atoms with E-state index in [4.69, 9.17) is 14.7 Å². The normalized spacial score (nSPS) is 15.1. The molecule has 5 heteroatoms. The molecule has 0 aliphatic carbocycles. The van der Waals surface area contributed by atoms with Gasteiger partial charge in [-0.05, 0) is 51.3 Å². The van der Waals surface area contributed by atoms with E-state index < -0.39 is 0 Å². The van der Waals surface area contributed by atoms with Crippen molar-refractivity contribution in [3.05, 3.63) is 35.0 Å². The molecule has 1 aliphatic heterocycles. The van der Waals surface area contributed by atoms with Gasteiger partial charge in [-0.2, -0.15) is 0 Å². The van der Waals surface area contributed by atoms with Crippen LogP contribution in [0.15, 0.2) is 24.3 Å². The molecule has 4 nitrogen and oxygen atoms in total. The van der Waals surface area contributed by atoms with Gasteiger partial charge in [0.25, 0.3) is 0 Å². The van der Waals surface area contributed by atoms with Gasteiger partial charge >= 0.3 is 0 Å². The molecule has 0 unspecified atom stereocenters. The number of thiophene rings is 1. The van der Waals surface area contributed by atoms with Crippen molar-refractivity contribution in [1.82, 2.24) is 9.97 Å². The lowest BCUT2D eigenvalue weighted by atomic mass is 10.0. The zero-order chi connectivity index (χ0) is 18.8. The first kappa shape index (κ1) is 18.2. The predicted molar refractivity (Wildman–Crippen MR) is 114 cm³/mol. The van der Waals surface area contributed by atoms with Crippen LogP contribution < -0.4 is 9.64 Å². The Morgan fingerprint density at radius 1 is 1.00 bits per heavy atom. The summed E-state index contributed by atoms with van der Waals surface area (Å²) >= 11 is 1.78. The van der Waals surface area contributed by atoms with Gasteiger partial charge in [-0.15, -0.1) is 11.3 Å². The van der Waals surface area contributed by atoms with E-state index in [1.54, 1.807) is 11.3 Å². The number of aromatic nitrogens is 2. The average molecular weight is 382 g/mol. The van der Waals surface area contributed by atoms with Gasteiger partial charge in [0, 0.05) is 23.5 Å². The molecule has 1 fully saturated rings. The van der Waals surface area contributed by atoms with Gasteiger partial charge in [0.05, 0.1) is 12.0 Å². The molecule has 27 heavy (non-hydrogen) atoms. The van der Waals surface area contributed by atoms with Crippen LogP contribution in [0.25, 0.3) is 21.3 Å². The Kier molecular flexibility index (Phi) is 5.30. The molecule has 4 rings (SSSR count). The first-order valence-electron chi connectivity index (χ1n) is 9.93. The molecular weight excluding hydrogens is 354 g/mol. The summed E-state index contributed by atoms with van der Waals surface area (Å²) in [5, 5.41) is 1.22. The molecule has 0 saturated carbocycles. The van der Waals surface area contributed by atoms with Gasteiger partial charge < -0.3 is 9.64 Å². The monoisotopic (exact) mass is 381 g/mol. The van der Waals surface area contributed by atoms with Crippen LogP contribution >= 0.6 is 11.3 Å².